The minimum atomic E-state index is 0.470. The molecule has 1 atom stereocenters. The number of nitrogens with one attached hydrogen (secondary N) is 1. The Kier molecular flexibility index (Phi) is 3.90. The highest BCUT2D eigenvalue weighted by molar-refractivity contribution is 5.28. The summed E-state index contributed by atoms with van der Waals surface area (Å²) in [5, 5.41) is 3.57. The van der Waals surface area contributed by atoms with E-state index in [9.17, 15) is 0 Å². The first kappa shape index (κ1) is 13.1. The molecule has 2 heterocycles. The van der Waals surface area contributed by atoms with Gasteiger partial charge in [0, 0.05) is 19.6 Å². The van der Waals surface area contributed by atoms with Crippen LogP contribution in [0.4, 0.5) is 0 Å². The first-order valence-electron chi connectivity index (χ1n) is 7.75. The average Bonchev–Trinajstić information content (AvgIpc) is 2.60. The van der Waals surface area contributed by atoms with Crippen LogP contribution in [-0.4, -0.2) is 31.1 Å². The largest absolute Gasteiger partial charge is 0.316 e. The van der Waals surface area contributed by atoms with Crippen molar-refractivity contribution >= 4 is 0 Å². The molecule has 0 bridgehead atoms. The molecule has 0 amide bonds. The van der Waals surface area contributed by atoms with E-state index in [1.807, 2.05) is 0 Å². The molecule has 2 aliphatic rings. The van der Waals surface area contributed by atoms with Crippen LogP contribution in [0.1, 0.15) is 37.3 Å². The van der Waals surface area contributed by atoms with Gasteiger partial charge in [0.05, 0.1) is 0 Å². The van der Waals surface area contributed by atoms with Gasteiger partial charge in [0.25, 0.3) is 0 Å². The first-order valence-corrected chi connectivity index (χ1v) is 7.75. The van der Waals surface area contributed by atoms with Crippen molar-refractivity contribution in [3.8, 4) is 0 Å². The second-order valence-electron chi connectivity index (χ2n) is 6.67. The van der Waals surface area contributed by atoms with E-state index in [1.54, 1.807) is 11.1 Å². The van der Waals surface area contributed by atoms with Crippen LogP contribution in [0.2, 0.25) is 0 Å². The first-order chi connectivity index (χ1) is 9.25. The van der Waals surface area contributed by atoms with E-state index in [0.717, 1.165) is 6.54 Å². The van der Waals surface area contributed by atoms with E-state index < -0.39 is 0 Å². The molecule has 0 aromatic heterocycles. The number of piperidine rings is 1. The minimum absolute atomic E-state index is 0.470. The zero-order valence-corrected chi connectivity index (χ0v) is 12.1. The van der Waals surface area contributed by atoms with Gasteiger partial charge < -0.3 is 5.32 Å². The van der Waals surface area contributed by atoms with Crippen molar-refractivity contribution in [1.29, 1.82) is 0 Å². The molecule has 1 saturated heterocycles. The number of rotatable bonds is 2. The van der Waals surface area contributed by atoms with Crippen LogP contribution in [0.25, 0.3) is 0 Å². The number of benzene rings is 1. The normalized spacial score (nSPS) is 28.7. The van der Waals surface area contributed by atoms with Crippen LogP contribution in [0.3, 0.4) is 0 Å². The van der Waals surface area contributed by atoms with Gasteiger partial charge in [0.1, 0.15) is 0 Å². The molecule has 0 spiro atoms. The van der Waals surface area contributed by atoms with E-state index in [1.165, 1.54) is 51.9 Å². The van der Waals surface area contributed by atoms with E-state index in [0.29, 0.717) is 5.41 Å². The molecule has 3 rings (SSSR count). The quantitative estimate of drug-likeness (QED) is 0.877. The lowest BCUT2D eigenvalue weighted by atomic mass is 9.82. The standard InChI is InChI=1S/C17H26N2/c1-17(9-5-10-18-13-17)14-19-11-4-8-15-6-2-3-7-16(15)12-19/h2-3,6-7,18H,4-5,8-14H2,1H3. The third kappa shape index (κ3) is 3.18. The number of hydrogen-bond donors (Lipinski definition) is 1. The van der Waals surface area contributed by atoms with Crippen molar-refractivity contribution in [3.63, 3.8) is 0 Å². The highest BCUT2D eigenvalue weighted by Gasteiger charge is 2.29. The lowest BCUT2D eigenvalue weighted by molar-refractivity contribution is 0.129. The summed E-state index contributed by atoms with van der Waals surface area (Å²) in [4.78, 5) is 2.68. The molecule has 2 heteroatoms. The zero-order valence-electron chi connectivity index (χ0n) is 12.1. The van der Waals surface area contributed by atoms with Crippen molar-refractivity contribution in [1.82, 2.24) is 10.2 Å². The topological polar surface area (TPSA) is 15.3 Å². The van der Waals surface area contributed by atoms with Gasteiger partial charge in [-0.2, -0.15) is 0 Å². The molecule has 1 N–H and O–H groups in total. The second kappa shape index (κ2) is 5.64. The second-order valence-corrected chi connectivity index (χ2v) is 6.67. The van der Waals surface area contributed by atoms with Crippen molar-refractivity contribution in [2.24, 2.45) is 5.41 Å². The molecule has 0 radical (unpaired) electrons. The van der Waals surface area contributed by atoms with Crippen LogP contribution < -0.4 is 5.32 Å². The predicted molar refractivity (Wildman–Crippen MR) is 80.3 cm³/mol. The molecule has 1 aromatic carbocycles. The van der Waals surface area contributed by atoms with Gasteiger partial charge in [-0.15, -0.1) is 0 Å². The molecule has 1 unspecified atom stereocenters. The van der Waals surface area contributed by atoms with Gasteiger partial charge in [0.2, 0.25) is 0 Å². The maximum Gasteiger partial charge on any atom is 0.0236 e. The third-order valence-corrected chi connectivity index (χ3v) is 4.72. The Morgan fingerprint density at radius 1 is 1.21 bits per heavy atom. The Balaban J connectivity index is 1.69. The molecule has 1 fully saturated rings. The van der Waals surface area contributed by atoms with Crippen LogP contribution >= 0.6 is 0 Å². The van der Waals surface area contributed by atoms with Gasteiger partial charge in [0.15, 0.2) is 0 Å². The maximum atomic E-state index is 3.57. The molecule has 0 aliphatic carbocycles. The molecule has 2 aliphatic heterocycles. The minimum Gasteiger partial charge on any atom is -0.316 e. The Morgan fingerprint density at radius 3 is 2.84 bits per heavy atom. The Bertz CT molecular complexity index is 421. The fourth-order valence-electron chi connectivity index (χ4n) is 3.70. The summed E-state index contributed by atoms with van der Waals surface area (Å²) >= 11 is 0. The van der Waals surface area contributed by atoms with E-state index in [-0.39, 0.29) is 0 Å². The Labute approximate surface area is 117 Å². The van der Waals surface area contributed by atoms with Crippen LogP contribution in [0, 0.1) is 5.41 Å². The molecular formula is C17H26N2. The van der Waals surface area contributed by atoms with Crippen molar-refractivity contribution in [3.05, 3.63) is 35.4 Å². The van der Waals surface area contributed by atoms with Gasteiger partial charge in [-0.05, 0) is 55.3 Å². The number of aryl methyl sites for hydroxylation is 1. The lowest BCUT2D eigenvalue weighted by Gasteiger charge is -2.38. The Morgan fingerprint density at radius 2 is 2.05 bits per heavy atom. The van der Waals surface area contributed by atoms with Gasteiger partial charge >= 0.3 is 0 Å². The zero-order chi connectivity index (χ0) is 13.1. The summed E-state index contributed by atoms with van der Waals surface area (Å²) in [6.45, 7) is 8.49. The van der Waals surface area contributed by atoms with E-state index in [2.05, 4.69) is 41.4 Å². The van der Waals surface area contributed by atoms with E-state index in [4.69, 9.17) is 0 Å². The Hall–Kier alpha value is -0.860. The highest BCUT2D eigenvalue weighted by atomic mass is 15.1. The summed E-state index contributed by atoms with van der Waals surface area (Å²) in [7, 11) is 0. The van der Waals surface area contributed by atoms with E-state index >= 15 is 0 Å². The van der Waals surface area contributed by atoms with Crippen molar-refractivity contribution < 1.29 is 0 Å². The molecule has 2 nitrogen and oxygen atoms in total. The highest BCUT2D eigenvalue weighted by Crippen LogP contribution is 2.28. The fraction of sp³-hybridized carbons (Fsp3) is 0.647. The third-order valence-electron chi connectivity index (χ3n) is 4.72. The average molecular weight is 258 g/mol. The maximum absolute atomic E-state index is 3.57. The number of nitrogens with zero attached hydrogens (tertiary/aromatic N) is 1. The fourth-order valence-corrected chi connectivity index (χ4v) is 3.70. The molecule has 104 valence electrons. The van der Waals surface area contributed by atoms with Crippen LogP contribution in [0.5, 0.6) is 0 Å². The SMILES string of the molecule is CC1(CN2CCCc3ccccc3C2)CCCNC1. The predicted octanol–water partition coefficient (Wildman–Crippen LogP) is 2.82. The summed E-state index contributed by atoms with van der Waals surface area (Å²) in [5.74, 6) is 0. The van der Waals surface area contributed by atoms with Crippen LogP contribution in [-0.2, 0) is 13.0 Å². The number of fused-ring (bicyclic) bond motifs is 1. The summed E-state index contributed by atoms with van der Waals surface area (Å²) in [6, 6.07) is 8.99. The monoisotopic (exact) mass is 258 g/mol. The number of hydrogen-bond acceptors (Lipinski definition) is 2. The molecule has 0 saturated carbocycles. The molecule has 19 heavy (non-hydrogen) atoms. The van der Waals surface area contributed by atoms with Gasteiger partial charge in [-0.3, -0.25) is 4.90 Å². The van der Waals surface area contributed by atoms with Crippen molar-refractivity contribution in [2.45, 2.75) is 39.2 Å². The van der Waals surface area contributed by atoms with Crippen LogP contribution in [0.15, 0.2) is 24.3 Å². The summed E-state index contributed by atoms with van der Waals surface area (Å²) in [5.41, 5.74) is 3.58. The summed E-state index contributed by atoms with van der Waals surface area (Å²) < 4.78 is 0. The molecular weight excluding hydrogens is 232 g/mol. The lowest BCUT2D eigenvalue weighted by Crippen LogP contribution is -2.45. The molecule has 1 aromatic rings. The summed E-state index contributed by atoms with van der Waals surface area (Å²) in [6.07, 6.45) is 5.27. The van der Waals surface area contributed by atoms with Gasteiger partial charge in [-0.1, -0.05) is 31.2 Å². The van der Waals surface area contributed by atoms with Gasteiger partial charge in [-0.25, -0.2) is 0 Å². The van der Waals surface area contributed by atoms with Crippen molar-refractivity contribution in [2.75, 3.05) is 26.2 Å². The smallest absolute Gasteiger partial charge is 0.0236 e.